The van der Waals surface area contributed by atoms with E-state index in [4.69, 9.17) is 9.47 Å². The maximum atomic E-state index is 13.7. The smallest absolute Gasteiger partial charge is 0.234 e. The Bertz CT molecular complexity index is 1010. The van der Waals surface area contributed by atoms with Crippen LogP contribution in [0.15, 0.2) is 46.8 Å². The SMILES string of the molecule is O=C(CSc1nnc(Nc2ccccc2F)s1)Nc1ccc2c(c1)OCCCO2. The number of benzene rings is 2. The molecule has 29 heavy (non-hydrogen) atoms. The van der Waals surface area contributed by atoms with Gasteiger partial charge in [-0.3, -0.25) is 4.79 Å². The normalized spacial score (nSPS) is 12.9. The lowest BCUT2D eigenvalue weighted by Crippen LogP contribution is -2.14. The average molecular weight is 433 g/mol. The molecule has 1 aromatic heterocycles. The van der Waals surface area contributed by atoms with E-state index in [0.717, 1.165) is 6.42 Å². The van der Waals surface area contributed by atoms with Crippen LogP contribution in [-0.2, 0) is 4.79 Å². The van der Waals surface area contributed by atoms with Crippen LogP contribution in [0.25, 0.3) is 0 Å². The molecule has 0 saturated heterocycles. The first-order valence-corrected chi connectivity index (χ1v) is 10.6. The van der Waals surface area contributed by atoms with E-state index < -0.39 is 0 Å². The second-order valence-electron chi connectivity index (χ2n) is 6.03. The van der Waals surface area contributed by atoms with Crippen LogP contribution in [0.3, 0.4) is 0 Å². The van der Waals surface area contributed by atoms with E-state index in [1.807, 2.05) is 0 Å². The third kappa shape index (κ3) is 5.15. The quantitative estimate of drug-likeness (QED) is 0.561. The van der Waals surface area contributed by atoms with Crippen molar-refractivity contribution in [2.75, 3.05) is 29.6 Å². The minimum Gasteiger partial charge on any atom is -0.490 e. The van der Waals surface area contributed by atoms with Gasteiger partial charge < -0.3 is 20.1 Å². The molecule has 1 aliphatic rings. The van der Waals surface area contributed by atoms with Gasteiger partial charge in [-0.25, -0.2) is 4.39 Å². The van der Waals surface area contributed by atoms with Crippen LogP contribution in [0.2, 0.25) is 0 Å². The zero-order chi connectivity index (χ0) is 20.1. The predicted molar refractivity (Wildman–Crippen MR) is 111 cm³/mol. The minimum absolute atomic E-state index is 0.169. The molecule has 1 aliphatic heterocycles. The number of amides is 1. The first-order valence-electron chi connectivity index (χ1n) is 8.85. The number of nitrogens with zero attached hydrogens (tertiary/aromatic N) is 2. The molecule has 2 heterocycles. The minimum atomic E-state index is -0.369. The molecule has 1 amide bonds. The molecule has 0 radical (unpaired) electrons. The number of rotatable bonds is 6. The second-order valence-corrected chi connectivity index (χ2v) is 8.23. The molecule has 3 aromatic rings. The van der Waals surface area contributed by atoms with E-state index >= 15 is 0 Å². The maximum absolute atomic E-state index is 13.7. The van der Waals surface area contributed by atoms with Gasteiger partial charge in [0.2, 0.25) is 11.0 Å². The van der Waals surface area contributed by atoms with E-state index in [1.165, 1.54) is 29.2 Å². The number of hydrogen-bond donors (Lipinski definition) is 2. The number of halogens is 1. The monoisotopic (exact) mass is 432 g/mol. The second kappa shape index (κ2) is 9.10. The van der Waals surface area contributed by atoms with Crippen molar-refractivity contribution in [1.82, 2.24) is 10.2 Å². The molecule has 150 valence electrons. The van der Waals surface area contributed by atoms with Gasteiger partial charge in [-0.1, -0.05) is 35.2 Å². The summed E-state index contributed by atoms with van der Waals surface area (Å²) >= 11 is 2.51. The molecule has 0 spiro atoms. The lowest BCUT2D eigenvalue weighted by atomic mass is 10.2. The van der Waals surface area contributed by atoms with Gasteiger partial charge in [0.15, 0.2) is 15.8 Å². The maximum Gasteiger partial charge on any atom is 0.234 e. The number of para-hydroxylation sites is 1. The van der Waals surface area contributed by atoms with Gasteiger partial charge in [0, 0.05) is 18.2 Å². The zero-order valence-corrected chi connectivity index (χ0v) is 16.8. The lowest BCUT2D eigenvalue weighted by Gasteiger charge is -2.10. The highest BCUT2D eigenvalue weighted by Gasteiger charge is 2.13. The van der Waals surface area contributed by atoms with Crippen molar-refractivity contribution >= 4 is 45.5 Å². The summed E-state index contributed by atoms with van der Waals surface area (Å²) in [5.74, 6) is 0.928. The van der Waals surface area contributed by atoms with E-state index in [2.05, 4.69) is 20.8 Å². The van der Waals surface area contributed by atoms with Crippen LogP contribution >= 0.6 is 23.1 Å². The van der Waals surface area contributed by atoms with E-state index in [-0.39, 0.29) is 17.5 Å². The van der Waals surface area contributed by atoms with Crippen LogP contribution in [0, 0.1) is 5.82 Å². The molecule has 2 N–H and O–H groups in total. The number of aromatic nitrogens is 2. The van der Waals surface area contributed by atoms with Crippen LogP contribution in [0.1, 0.15) is 6.42 Å². The molecule has 0 saturated carbocycles. The molecule has 4 rings (SSSR count). The summed E-state index contributed by atoms with van der Waals surface area (Å²) in [5.41, 5.74) is 0.964. The molecule has 0 aliphatic carbocycles. The van der Waals surface area contributed by atoms with Gasteiger partial charge in [0.25, 0.3) is 0 Å². The van der Waals surface area contributed by atoms with Crippen molar-refractivity contribution in [3.63, 3.8) is 0 Å². The standard InChI is InChI=1S/C19H17FN4O3S2/c20-13-4-1-2-5-14(13)22-18-23-24-19(29-18)28-11-17(25)21-12-6-7-15-16(10-12)27-9-3-8-26-15/h1-2,4-7,10H,3,8-9,11H2,(H,21,25)(H,22,23). The number of ether oxygens (including phenoxy) is 2. The van der Waals surface area contributed by atoms with Gasteiger partial charge in [0.05, 0.1) is 24.7 Å². The number of fused-ring (bicyclic) bond motifs is 1. The Hall–Kier alpha value is -2.85. The van der Waals surface area contributed by atoms with Crippen molar-refractivity contribution < 1.29 is 18.7 Å². The largest absolute Gasteiger partial charge is 0.490 e. The Morgan fingerprint density at radius 1 is 1.14 bits per heavy atom. The summed E-state index contributed by atoms with van der Waals surface area (Å²) in [7, 11) is 0. The molecular formula is C19H17FN4O3S2. The van der Waals surface area contributed by atoms with Crippen LogP contribution < -0.4 is 20.1 Å². The van der Waals surface area contributed by atoms with Crippen LogP contribution in [0.5, 0.6) is 11.5 Å². The highest BCUT2D eigenvalue weighted by Crippen LogP contribution is 2.33. The third-order valence-electron chi connectivity index (χ3n) is 3.88. The molecule has 2 aromatic carbocycles. The molecular weight excluding hydrogens is 415 g/mol. The Morgan fingerprint density at radius 2 is 1.97 bits per heavy atom. The molecule has 0 atom stereocenters. The molecule has 0 fully saturated rings. The number of nitrogens with one attached hydrogen (secondary N) is 2. The fourth-order valence-corrected chi connectivity index (χ4v) is 4.13. The average Bonchev–Trinajstić information content (AvgIpc) is 3.03. The molecule has 0 bridgehead atoms. The summed E-state index contributed by atoms with van der Waals surface area (Å²) < 4.78 is 25.5. The summed E-state index contributed by atoms with van der Waals surface area (Å²) in [5, 5.41) is 14.2. The zero-order valence-electron chi connectivity index (χ0n) is 15.2. The number of carbonyl (C=O) groups excluding carboxylic acids is 1. The van der Waals surface area contributed by atoms with Crippen molar-refractivity contribution in [3.8, 4) is 11.5 Å². The number of carbonyl (C=O) groups is 1. The van der Waals surface area contributed by atoms with Gasteiger partial charge in [-0.05, 0) is 24.3 Å². The van der Waals surface area contributed by atoms with E-state index in [1.54, 1.807) is 36.4 Å². The number of thioether (sulfide) groups is 1. The summed E-state index contributed by atoms with van der Waals surface area (Å²) in [6.07, 6.45) is 0.822. The van der Waals surface area contributed by atoms with Crippen LogP contribution in [-0.4, -0.2) is 35.1 Å². The van der Waals surface area contributed by atoms with E-state index in [0.29, 0.717) is 45.6 Å². The van der Waals surface area contributed by atoms with Crippen molar-refractivity contribution in [1.29, 1.82) is 0 Å². The van der Waals surface area contributed by atoms with Gasteiger partial charge >= 0.3 is 0 Å². The molecule has 7 nitrogen and oxygen atoms in total. The Morgan fingerprint density at radius 3 is 2.83 bits per heavy atom. The highest BCUT2D eigenvalue weighted by atomic mass is 32.2. The van der Waals surface area contributed by atoms with Crippen LogP contribution in [0.4, 0.5) is 20.9 Å². The van der Waals surface area contributed by atoms with Crippen molar-refractivity contribution in [2.45, 2.75) is 10.8 Å². The molecule has 0 unspecified atom stereocenters. The third-order valence-corrected chi connectivity index (χ3v) is 5.85. The van der Waals surface area contributed by atoms with Gasteiger partial charge in [-0.2, -0.15) is 0 Å². The highest BCUT2D eigenvalue weighted by molar-refractivity contribution is 8.01. The summed E-state index contributed by atoms with van der Waals surface area (Å²) in [6, 6.07) is 11.6. The van der Waals surface area contributed by atoms with E-state index in [9.17, 15) is 9.18 Å². The first-order chi connectivity index (χ1) is 14.2. The van der Waals surface area contributed by atoms with Gasteiger partial charge in [-0.15, -0.1) is 10.2 Å². The molecule has 10 heteroatoms. The Balaban J connectivity index is 1.30. The number of hydrogen-bond acceptors (Lipinski definition) is 8. The number of anilines is 3. The predicted octanol–water partition coefficient (Wildman–Crippen LogP) is 4.31. The fraction of sp³-hybridized carbons (Fsp3) is 0.211. The fourth-order valence-electron chi connectivity index (χ4n) is 2.56. The summed E-state index contributed by atoms with van der Waals surface area (Å²) in [4.78, 5) is 12.3. The van der Waals surface area contributed by atoms with Crippen molar-refractivity contribution in [3.05, 3.63) is 48.3 Å². The Labute approximate surface area is 174 Å². The van der Waals surface area contributed by atoms with Crippen molar-refractivity contribution in [2.24, 2.45) is 0 Å². The lowest BCUT2D eigenvalue weighted by molar-refractivity contribution is -0.113. The Kier molecular flexibility index (Phi) is 6.11. The topological polar surface area (TPSA) is 85.4 Å². The first kappa shape index (κ1) is 19.5. The van der Waals surface area contributed by atoms with Gasteiger partial charge in [0.1, 0.15) is 5.82 Å². The summed E-state index contributed by atoms with van der Waals surface area (Å²) in [6.45, 7) is 1.20.